The predicted molar refractivity (Wildman–Crippen MR) is 125 cm³/mol. The summed E-state index contributed by atoms with van der Waals surface area (Å²) in [5.41, 5.74) is 4.57. The fourth-order valence-corrected chi connectivity index (χ4v) is 5.11. The molecule has 6 nitrogen and oxygen atoms in total. The van der Waals surface area contributed by atoms with Gasteiger partial charge in [0.15, 0.2) is 5.00 Å². The van der Waals surface area contributed by atoms with Gasteiger partial charge in [-0.2, -0.15) is 5.26 Å². The summed E-state index contributed by atoms with van der Waals surface area (Å²) < 4.78 is 5.33. The molecule has 1 heterocycles. The number of fused-ring (bicyclic) bond motifs is 1. The van der Waals surface area contributed by atoms with E-state index in [-0.39, 0.29) is 5.97 Å². The largest absolute Gasteiger partial charge is 0.462 e. The maximum atomic E-state index is 12.7. The van der Waals surface area contributed by atoms with E-state index in [0.717, 1.165) is 54.7 Å². The summed E-state index contributed by atoms with van der Waals surface area (Å²) in [5.74, 6) is -0.293. The Bertz CT molecular complexity index is 990. The lowest BCUT2D eigenvalue weighted by atomic mass is 10.1. The fraction of sp³-hybridized carbons (Fsp3) is 0.500. The van der Waals surface area contributed by atoms with Gasteiger partial charge in [0.1, 0.15) is 5.56 Å². The van der Waals surface area contributed by atoms with Crippen LogP contribution in [-0.2, 0) is 17.6 Å². The molecule has 0 radical (unpaired) electrons. The maximum Gasteiger partial charge on any atom is 0.341 e. The summed E-state index contributed by atoms with van der Waals surface area (Å²) in [5, 5.41) is 18.5. The smallest absolute Gasteiger partial charge is 0.341 e. The molecule has 1 aromatic heterocycles. The fourth-order valence-electron chi connectivity index (χ4n) is 3.92. The number of anilines is 1. The lowest BCUT2D eigenvalue weighted by molar-refractivity contribution is 0.0526. The third-order valence-electron chi connectivity index (χ3n) is 5.55. The van der Waals surface area contributed by atoms with Gasteiger partial charge in [0.25, 0.3) is 0 Å². The number of carbonyl (C=O) groups excluding carboxylic acids is 1. The molecule has 0 spiro atoms. The molecule has 3 rings (SSSR count). The molecule has 1 aliphatic carbocycles. The van der Waals surface area contributed by atoms with E-state index >= 15 is 0 Å². The van der Waals surface area contributed by atoms with Crippen molar-refractivity contribution in [3.05, 3.63) is 39.8 Å². The Labute approximate surface area is 188 Å². The average molecular weight is 439 g/mol. The van der Waals surface area contributed by atoms with Gasteiger partial charge in [0, 0.05) is 23.7 Å². The summed E-state index contributed by atoms with van der Waals surface area (Å²) in [4.78, 5) is 16.1. The zero-order valence-corrected chi connectivity index (χ0v) is 19.4. The van der Waals surface area contributed by atoms with Crippen LogP contribution in [0.3, 0.4) is 0 Å². The molecule has 0 atom stereocenters. The van der Waals surface area contributed by atoms with Gasteiger partial charge in [-0.05, 0) is 75.8 Å². The number of hydrogen-bond acceptors (Lipinski definition) is 7. The molecule has 0 N–H and O–H groups in total. The predicted octanol–water partition coefficient (Wildman–Crippen LogP) is 6.66. The summed E-state index contributed by atoms with van der Waals surface area (Å²) in [7, 11) is 0. The Kier molecular flexibility index (Phi) is 8.19. The van der Waals surface area contributed by atoms with Crippen LogP contribution in [0.25, 0.3) is 0 Å². The molecule has 0 bridgehead atoms. The molecule has 0 saturated carbocycles. The number of carbonyl (C=O) groups is 1. The van der Waals surface area contributed by atoms with E-state index < -0.39 is 0 Å². The third kappa shape index (κ3) is 5.50. The van der Waals surface area contributed by atoms with Crippen LogP contribution in [0.1, 0.15) is 65.9 Å². The minimum atomic E-state index is -0.293. The van der Waals surface area contributed by atoms with Gasteiger partial charge in [-0.1, -0.05) is 6.42 Å². The number of thiophene rings is 1. The second-order valence-electron chi connectivity index (χ2n) is 7.62. The summed E-state index contributed by atoms with van der Waals surface area (Å²) in [6, 6.07) is 8.24. The number of aryl methyl sites for hydroxylation is 2. The molecule has 0 unspecified atom stereocenters. The van der Waals surface area contributed by atoms with Crippen molar-refractivity contribution in [1.82, 2.24) is 0 Å². The van der Waals surface area contributed by atoms with Gasteiger partial charge in [0.05, 0.1) is 24.8 Å². The van der Waals surface area contributed by atoms with Crippen molar-refractivity contribution in [2.45, 2.75) is 59.3 Å². The number of esters is 1. The van der Waals surface area contributed by atoms with E-state index in [0.29, 0.717) is 30.1 Å². The Morgan fingerprint density at radius 2 is 2.03 bits per heavy atom. The van der Waals surface area contributed by atoms with Crippen molar-refractivity contribution in [3.8, 4) is 6.07 Å². The van der Waals surface area contributed by atoms with Gasteiger partial charge < -0.3 is 9.64 Å². The van der Waals surface area contributed by atoms with E-state index in [1.54, 1.807) is 11.3 Å². The summed E-state index contributed by atoms with van der Waals surface area (Å²) in [6.45, 7) is 7.80. The van der Waals surface area contributed by atoms with Crippen molar-refractivity contribution in [2.24, 2.45) is 10.2 Å². The lowest BCUT2D eigenvalue weighted by Gasteiger charge is -2.22. The van der Waals surface area contributed by atoms with Crippen LogP contribution < -0.4 is 4.90 Å². The number of hydrogen-bond donors (Lipinski definition) is 0. The normalized spacial score (nSPS) is 13.5. The molecular weight excluding hydrogens is 408 g/mol. The minimum Gasteiger partial charge on any atom is -0.462 e. The van der Waals surface area contributed by atoms with E-state index in [2.05, 4.69) is 34.2 Å². The third-order valence-corrected chi connectivity index (χ3v) is 6.73. The van der Waals surface area contributed by atoms with Crippen LogP contribution in [0.15, 0.2) is 28.4 Å². The van der Waals surface area contributed by atoms with E-state index in [1.807, 2.05) is 26.0 Å². The van der Waals surface area contributed by atoms with E-state index in [1.165, 1.54) is 11.3 Å². The average Bonchev–Trinajstić information content (AvgIpc) is 2.95. The molecule has 0 aliphatic heterocycles. The molecule has 1 aliphatic rings. The second-order valence-corrected chi connectivity index (χ2v) is 8.71. The number of nitrogens with zero attached hydrogens (tertiary/aromatic N) is 4. The Morgan fingerprint density at radius 1 is 1.23 bits per heavy atom. The van der Waals surface area contributed by atoms with Crippen molar-refractivity contribution in [2.75, 3.05) is 24.6 Å². The van der Waals surface area contributed by atoms with Gasteiger partial charge in [-0.25, -0.2) is 4.79 Å². The number of rotatable bonds is 8. The first-order chi connectivity index (χ1) is 15.1. The van der Waals surface area contributed by atoms with Crippen LogP contribution in [0.5, 0.6) is 0 Å². The van der Waals surface area contributed by atoms with E-state index in [4.69, 9.17) is 10.00 Å². The van der Waals surface area contributed by atoms with Gasteiger partial charge in [0.2, 0.25) is 0 Å². The van der Waals surface area contributed by atoms with Crippen molar-refractivity contribution >= 4 is 33.7 Å². The number of azo groups is 1. The molecular formula is C24H30N4O2S. The topological polar surface area (TPSA) is 78.0 Å². The summed E-state index contributed by atoms with van der Waals surface area (Å²) >= 11 is 1.58. The number of nitriles is 1. The monoisotopic (exact) mass is 438 g/mol. The lowest BCUT2D eigenvalue weighted by Crippen LogP contribution is -2.23. The van der Waals surface area contributed by atoms with Gasteiger partial charge >= 0.3 is 5.97 Å². The van der Waals surface area contributed by atoms with Crippen LogP contribution >= 0.6 is 11.3 Å². The van der Waals surface area contributed by atoms with Crippen molar-refractivity contribution in [3.63, 3.8) is 0 Å². The van der Waals surface area contributed by atoms with Crippen LogP contribution in [-0.4, -0.2) is 25.7 Å². The maximum absolute atomic E-state index is 12.7. The molecule has 31 heavy (non-hydrogen) atoms. The standard InChI is InChI=1S/C24H30N4O2S/c1-4-28(15-9-14-25)18-12-13-20(17(3)16-18)26-27-23-22(24(29)30-5-2)19-10-7-6-8-11-21(19)31-23/h12-13,16H,4-11,15H2,1-3H3. The van der Waals surface area contributed by atoms with Crippen molar-refractivity contribution < 1.29 is 9.53 Å². The van der Waals surface area contributed by atoms with Crippen LogP contribution in [0, 0.1) is 18.3 Å². The summed E-state index contributed by atoms with van der Waals surface area (Å²) in [6.07, 6.45) is 5.81. The molecule has 0 fully saturated rings. The SMILES string of the molecule is CCOC(=O)c1c(N=Nc2ccc(N(CC)CCC#N)cc2C)sc2c1CCCCC2. The molecule has 2 aromatic rings. The number of ether oxygens (including phenoxy) is 1. The highest BCUT2D eigenvalue weighted by Crippen LogP contribution is 2.40. The molecule has 0 saturated heterocycles. The minimum absolute atomic E-state index is 0.293. The highest BCUT2D eigenvalue weighted by atomic mass is 32.1. The highest BCUT2D eigenvalue weighted by molar-refractivity contribution is 7.16. The Morgan fingerprint density at radius 3 is 2.74 bits per heavy atom. The second kappa shape index (κ2) is 11.1. The Hall–Kier alpha value is -2.72. The molecule has 7 heteroatoms. The molecule has 0 amide bonds. The van der Waals surface area contributed by atoms with Crippen molar-refractivity contribution in [1.29, 1.82) is 5.26 Å². The first-order valence-electron chi connectivity index (χ1n) is 11.0. The Balaban J connectivity index is 1.89. The highest BCUT2D eigenvalue weighted by Gasteiger charge is 2.25. The first kappa shape index (κ1) is 23.0. The van der Waals surface area contributed by atoms with Gasteiger partial charge in [-0.3, -0.25) is 0 Å². The first-order valence-corrected chi connectivity index (χ1v) is 11.9. The quantitative estimate of drug-likeness (QED) is 0.262. The van der Waals surface area contributed by atoms with Gasteiger partial charge in [-0.15, -0.1) is 21.6 Å². The zero-order chi connectivity index (χ0) is 22.2. The number of benzene rings is 1. The van der Waals surface area contributed by atoms with Crippen LogP contribution in [0.2, 0.25) is 0 Å². The molecule has 164 valence electrons. The zero-order valence-electron chi connectivity index (χ0n) is 18.6. The molecule has 1 aromatic carbocycles. The van der Waals surface area contributed by atoms with Crippen LogP contribution in [0.4, 0.5) is 16.4 Å². The van der Waals surface area contributed by atoms with E-state index in [9.17, 15) is 4.79 Å².